The smallest absolute Gasteiger partial charge is 0.266 e. The van der Waals surface area contributed by atoms with E-state index in [0.29, 0.717) is 21.9 Å². The summed E-state index contributed by atoms with van der Waals surface area (Å²) in [4.78, 5) is 16.5. The molecule has 0 aromatic carbocycles. The van der Waals surface area contributed by atoms with Crippen LogP contribution in [0, 0.1) is 0 Å². The van der Waals surface area contributed by atoms with Crippen LogP contribution in [0.2, 0.25) is 0 Å². The third-order valence-corrected chi connectivity index (χ3v) is 5.75. The largest absolute Gasteiger partial charge is 0.397 e. The van der Waals surface area contributed by atoms with Gasteiger partial charge in [0.1, 0.15) is 9.71 Å². The second kappa shape index (κ2) is 5.70. The molecule has 0 radical (unpaired) electrons. The van der Waals surface area contributed by atoms with Crippen LogP contribution >= 0.6 is 38.6 Å². The minimum Gasteiger partial charge on any atom is -0.397 e. The molecular weight excluding hydrogens is 372 g/mol. The Morgan fingerprint density at radius 1 is 1.52 bits per heavy atom. The van der Waals surface area contributed by atoms with E-state index >= 15 is 0 Å². The van der Waals surface area contributed by atoms with Gasteiger partial charge in [-0.3, -0.25) is 4.79 Å². The van der Waals surface area contributed by atoms with Crippen molar-refractivity contribution in [2.24, 2.45) is 0 Å². The first-order valence-electron chi connectivity index (χ1n) is 6.04. The van der Waals surface area contributed by atoms with Crippen molar-refractivity contribution >= 4 is 60.4 Å². The molecule has 1 amide bonds. The average Bonchev–Trinajstić information content (AvgIpc) is 3.03. The summed E-state index contributed by atoms with van der Waals surface area (Å²) in [5.74, 6) is -0.0972. The predicted molar refractivity (Wildman–Crippen MR) is 89.6 cm³/mol. The van der Waals surface area contributed by atoms with Gasteiger partial charge in [0.2, 0.25) is 0 Å². The Kier molecular flexibility index (Phi) is 3.92. The SMILES string of the molecule is CN(Cc1cc(Br)cs1)C(=O)c1sc2nnccc2c1N. The lowest BCUT2D eigenvalue weighted by atomic mass is 10.2. The van der Waals surface area contributed by atoms with Crippen LogP contribution in [-0.4, -0.2) is 28.1 Å². The van der Waals surface area contributed by atoms with Crippen LogP contribution < -0.4 is 5.73 Å². The molecule has 2 N–H and O–H groups in total. The Balaban J connectivity index is 1.87. The number of nitrogen functional groups attached to an aromatic ring is 1. The van der Waals surface area contributed by atoms with Gasteiger partial charge < -0.3 is 10.6 Å². The molecule has 3 rings (SSSR count). The third-order valence-electron chi connectivity index (χ3n) is 2.98. The minimum atomic E-state index is -0.0972. The molecule has 3 aromatic heterocycles. The van der Waals surface area contributed by atoms with Crippen LogP contribution in [0.5, 0.6) is 0 Å². The number of hydrogen-bond acceptors (Lipinski definition) is 6. The number of nitrogens with two attached hydrogens (primary N) is 1. The monoisotopic (exact) mass is 382 g/mol. The number of halogens is 1. The summed E-state index contributed by atoms with van der Waals surface area (Å²) < 4.78 is 1.03. The van der Waals surface area contributed by atoms with Gasteiger partial charge in [0.15, 0.2) is 0 Å². The Morgan fingerprint density at radius 3 is 3.00 bits per heavy atom. The van der Waals surface area contributed by atoms with Crippen LogP contribution in [0.25, 0.3) is 10.2 Å². The van der Waals surface area contributed by atoms with Gasteiger partial charge in [-0.05, 0) is 28.1 Å². The van der Waals surface area contributed by atoms with E-state index in [1.54, 1.807) is 35.5 Å². The molecule has 0 fully saturated rings. The van der Waals surface area contributed by atoms with Crippen molar-refractivity contribution in [2.45, 2.75) is 6.54 Å². The van der Waals surface area contributed by atoms with Gasteiger partial charge in [-0.25, -0.2) is 0 Å². The predicted octanol–water partition coefficient (Wildman–Crippen LogP) is 3.37. The van der Waals surface area contributed by atoms with Crippen molar-refractivity contribution in [3.8, 4) is 0 Å². The Morgan fingerprint density at radius 2 is 2.33 bits per heavy atom. The number of fused-ring (bicyclic) bond motifs is 1. The molecule has 3 heterocycles. The average molecular weight is 383 g/mol. The van der Waals surface area contributed by atoms with E-state index in [1.165, 1.54) is 11.3 Å². The summed E-state index contributed by atoms with van der Waals surface area (Å²) in [7, 11) is 1.77. The van der Waals surface area contributed by atoms with Crippen molar-refractivity contribution in [1.29, 1.82) is 0 Å². The molecule has 0 spiro atoms. The van der Waals surface area contributed by atoms with Gasteiger partial charge in [0.25, 0.3) is 5.91 Å². The lowest BCUT2D eigenvalue weighted by molar-refractivity contribution is 0.0792. The molecule has 8 heteroatoms. The van der Waals surface area contributed by atoms with Gasteiger partial charge in [-0.1, -0.05) is 0 Å². The first-order valence-corrected chi connectivity index (χ1v) is 8.53. The second-order valence-corrected chi connectivity index (χ2v) is 7.40. The van der Waals surface area contributed by atoms with E-state index < -0.39 is 0 Å². The molecule has 0 saturated heterocycles. The molecule has 5 nitrogen and oxygen atoms in total. The molecule has 0 aliphatic heterocycles. The highest BCUT2D eigenvalue weighted by Crippen LogP contribution is 2.32. The molecule has 0 aliphatic rings. The highest BCUT2D eigenvalue weighted by molar-refractivity contribution is 9.10. The van der Waals surface area contributed by atoms with E-state index in [0.717, 1.165) is 14.7 Å². The molecule has 0 saturated carbocycles. The molecule has 0 bridgehead atoms. The second-order valence-electron chi connectivity index (χ2n) is 4.49. The number of thiophene rings is 2. The number of amides is 1. The molecule has 3 aromatic rings. The molecule has 0 atom stereocenters. The van der Waals surface area contributed by atoms with Crippen LogP contribution in [0.3, 0.4) is 0 Å². The van der Waals surface area contributed by atoms with E-state index in [4.69, 9.17) is 5.73 Å². The van der Waals surface area contributed by atoms with Crippen LogP contribution in [0.1, 0.15) is 14.5 Å². The highest BCUT2D eigenvalue weighted by atomic mass is 79.9. The Labute approximate surface area is 137 Å². The number of hydrogen-bond donors (Lipinski definition) is 1. The fraction of sp³-hybridized carbons (Fsp3) is 0.154. The van der Waals surface area contributed by atoms with Gasteiger partial charge in [0, 0.05) is 27.2 Å². The number of rotatable bonds is 3. The maximum absolute atomic E-state index is 12.5. The third kappa shape index (κ3) is 2.78. The van der Waals surface area contributed by atoms with Crippen molar-refractivity contribution in [3.05, 3.63) is 37.9 Å². The van der Waals surface area contributed by atoms with Crippen molar-refractivity contribution in [1.82, 2.24) is 15.1 Å². The first-order chi connectivity index (χ1) is 10.1. The topological polar surface area (TPSA) is 72.1 Å². The maximum atomic E-state index is 12.5. The summed E-state index contributed by atoms with van der Waals surface area (Å²) in [6, 6.07) is 3.79. The number of aromatic nitrogens is 2. The molecule has 108 valence electrons. The summed E-state index contributed by atoms with van der Waals surface area (Å²) in [5, 5.41) is 10.6. The zero-order chi connectivity index (χ0) is 15.0. The van der Waals surface area contributed by atoms with Gasteiger partial charge in [-0.15, -0.1) is 27.8 Å². The summed E-state index contributed by atoms with van der Waals surface area (Å²) in [6.07, 6.45) is 1.58. The van der Waals surface area contributed by atoms with Gasteiger partial charge >= 0.3 is 0 Å². The zero-order valence-corrected chi connectivity index (χ0v) is 14.3. The lowest BCUT2D eigenvalue weighted by Gasteiger charge is -2.15. The molecule has 21 heavy (non-hydrogen) atoms. The first kappa shape index (κ1) is 14.4. The standard InChI is InChI=1S/C13H11BrN4OS2/c1-18(5-8-4-7(14)6-20-8)13(19)11-10(15)9-2-3-16-17-12(9)21-11/h2-4,6H,5,15H2,1H3. The minimum absolute atomic E-state index is 0.0972. The number of carbonyl (C=O) groups is 1. The van der Waals surface area contributed by atoms with Crippen molar-refractivity contribution < 1.29 is 4.79 Å². The van der Waals surface area contributed by atoms with E-state index in [-0.39, 0.29) is 5.91 Å². The highest BCUT2D eigenvalue weighted by Gasteiger charge is 2.20. The normalized spacial score (nSPS) is 11.0. The lowest BCUT2D eigenvalue weighted by Crippen LogP contribution is -2.25. The molecule has 0 aliphatic carbocycles. The fourth-order valence-electron chi connectivity index (χ4n) is 1.95. The van der Waals surface area contributed by atoms with Crippen LogP contribution in [-0.2, 0) is 6.54 Å². The number of carbonyl (C=O) groups excluding carboxylic acids is 1. The van der Waals surface area contributed by atoms with Crippen molar-refractivity contribution in [2.75, 3.05) is 12.8 Å². The quantitative estimate of drug-likeness (QED) is 0.753. The van der Waals surface area contributed by atoms with Gasteiger partial charge in [-0.2, -0.15) is 5.10 Å². The zero-order valence-electron chi connectivity index (χ0n) is 11.0. The van der Waals surface area contributed by atoms with E-state index in [1.807, 2.05) is 11.4 Å². The summed E-state index contributed by atoms with van der Waals surface area (Å²) in [5.41, 5.74) is 6.55. The van der Waals surface area contributed by atoms with Crippen LogP contribution in [0.4, 0.5) is 5.69 Å². The van der Waals surface area contributed by atoms with E-state index in [2.05, 4.69) is 26.1 Å². The fourth-order valence-corrected chi connectivity index (χ4v) is 4.48. The summed E-state index contributed by atoms with van der Waals surface area (Å²) in [6.45, 7) is 0.550. The van der Waals surface area contributed by atoms with E-state index in [9.17, 15) is 4.79 Å². The number of anilines is 1. The number of nitrogens with zero attached hydrogens (tertiary/aromatic N) is 3. The Hall–Kier alpha value is -1.51. The molecule has 0 unspecified atom stereocenters. The van der Waals surface area contributed by atoms with Gasteiger partial charge in [0.05, 0.1) is 18.4 Å². The summed E-state index contributed by atoms with van der Waals surface area (Å²) >= 11 is 6.30. The maximum Gasteiger partial charge on any atom is 0.266 e. The van der Waals surface area contributed by atoms with Crippen LogP contribution in [0.15, 0.2) is 28.2 Å². The van der Waals surface area contributed by atoms with Crippen molar-refractivity contribution in [3.63, 3.8) is 0 Å². The molecular formula is C13H11BrN4OS2. The Bertz CT molecular complexity index is 813.